The minimum atomic E-state index is -4.31. The summed E-state index contributed by atoms with van der Waals surface area (Å²) in [6.45, 7) is 15.4. The first-order chi connectivity index (χ1) is 10.9. The Balaban J connectivity index is 5.43. The van der Waals surface area contributed by atoms with Crippen LogP contribution in [0.1, 0.15) is 34.1 Å². The minimum Gasteiger partial charge on any atom is -0.466 e. The number of rotatable bonds is 9. The van der Waals surface area contributed by atoms with Crippen molar-refractivity contribution in [1.82, 2.24) is 0 Å². The zero-order valence-electron chi connectivity index (χ0n) is 16.2. The fraction of sp³-hybridized carbons (Fsp3) is 0.812. The fourth-order valence-electron chi connectivity index (χ4n) is 2.05. The van der Waals surface area contributed by atoms with Crippen molar-refractivity contribution in [3.8, 4) is 0 Å². The molecule has 1 N–H and O–H groups in total. The van der Waals surface area contributed by atoms with Gasteiger partial charge in [0.2, 0.25) is 8.32 Å². The normalized spacial score (nSPS) is 16.3. The van der Waals surface area contributed by atoms with Gasteiger partial charge in [-0.2, -0.15) is 13.2 Å². The van der Waals surface area contributed by atoms with Crippen molar-refractivity contribution in [2.24, 2.45) is 0 Å². The standard InChI is InChI=1S/C16H31F3O4Si2/c1-9-13(20)22-12-24(6,7)15(4,5)23-25(8,14(2,3)21)11-10-16(17,18)19/h9,21H,1,10-12H2,2-8H3. The summed E-state index contributed by atoms with van der Waals surface area (Å²) in [6.07, 6.45) is -4.08. The van der Waals surface area contributed by atoms with Gasteiger partial charge < -0.3 is 14.3 Å². The van der Waals surface area contributed by atoms with Crippen LogP contribution >= 0.6 is 0 Å². The zero-order valence-corrected chi connectivity index (χ0v) is 18.2. The Morgan fingerprint density at radius 2 is 1.64 bits per heavy atom. The van der Waals surface area contributed by atoms with E-state index in [2.05, 4.69) is 6.58 Å². The van der Waals surface area contributed by atoms with Crippen molar-refractivity contribution < 1.29 is 32.2 Å². The van der Waals surface area contributed by atoms with Gasteiger partial charge in [-0.3, -0.25) is 0 Å². The van der Waals surface area contributed by atoms with Crippen molar-refractivity contribution in [1.29, 1.82) is 0 Å². The second-order valence-corrected chi connectivity index (χ2v) is 17.9. The number of carbonyl (C=O) groups excluding carboxylic acids is 1. The lowest BCUT2D eigenvalue weighted by molar-refractivity contribution is -0.136. The van der Waals surface area contributed by atoms with Gasteiger partial charge in [-0.1, -0.05) is 19.7 Å². The Kier molecular flexibility index (Phi) is 7.73. The van der Waals surface area contributed by atoms with Crippen molar-refractivity contribution in [2.75, 3.05) is 6.23 Å². The maximum absolute atomic E-state index is 12.7. The molecule has 148 valence electrons. The third-order valence-corrected chi connectivity index (χ3v) is 14.2. The summed E-state index contributed by atoms with van der Waals surface area (Å²) >= 11 is 0. The molecule has 0 aliphatic rings. The summed E-state index contributed by atoms with van der Waals surface area (Å²) in [6, 6.07) is -0.236. The van der Waals surface area contributed by atoms with E-state index in [1.807, 2.05) is 13.1 Å². The van der Waals surface area contributed by atoms with Gasteiger partial charge in [-0.15, -0.1) is 0 Å². The van der Waals surface area contributed by atoms with Crippen LogP contribution in [0.3, 0.4) is 0 Å². The SMILES string of the molecule is C=CC(=O)OC[Si](C)(C)C(C)(C)O[Si](C)(CCC(F)(F)F)C(C)(C)O. The fourth-order valence-corrected chi connectivity index (χ4v) is 7.53. The molecule has 1 atom stereocenters. The summed E-state index contributed by atoms with van der Waals surface area (Å²) in [5, 5.41) is 8.36. The first-order valence-corrected chi connectivity index (χ1v) is 14.0. The van der Waals surface area contributed by atoms with Crippen LogP contribution in [-0.2, 0) is 14.0 Å². The van der Waals surface area contributed by atoms with Gasteiger partial charge >= 0.3 is 12.1 Å². The van der Waals surface area contributed by atoms with Crippen LogP contribution in [-0.4, -0.2) is 50.3 Å². The number of aliphatic hydroxyl groups is 1. The molecule has 0 aliphatic heterocycles. The van der Waals surface area contributed by atoms with E-state index >= 15 is 0 Å². The maximum atomic E-state index is 12.7. The molecule has 25 heavy (non-hydrogen) atoms. The quantitative estimate of drug-likeness (QED) is 0.359. The molecular formula is C16H31F3O4Si2. The highest BCUT2D eigenvalue weighted by Crippen LogP contribution is 2.38. The number of carbonyl (C=O) groups is 1. The average molecular weight is 401 g/mol. The van der Waals surface area contributed by atoms with Crippen LogP contribution in [0.25, 0.3) is 0 Å². The third kappa shape index (κ3) is 7.24. The second-order valence-electron chi connectivity index (χ2n) is 8.21. The highest BCUT2D eigenvalue weighted by molar-refractivity contribution is 6.82. The lowest BCUT2D eigenvalue weighted by Crippen LogP contribution is -2.65. The second kappa shape index (κ2) is 7.93. The number of ether oxygens (including phenoxy) is 1. The predicted molar refractivity (Wildman–Crippen MR) is 97.2 cm³/mol. The molecule has 0 aromatic heterocycles. The molecule has 0 saturated carbocycles. The molecule has 0 heterocycles. The van der Waals surface area contributed by atoms with E-state index in [-0.39, 0.29) is 12.3 Å². The van der Waals surface area contributed by atoms with Crippen molar-refractivity contribution in [3.05, 3.63) is 12.7 Å². The summed E-state index contributed by atoms with van der Waals surface area (Å²) in [5.74, 6) is -0.545. The molecule has 0 amide bonds. The largest absolute Gasteiger partial charge is 0.466 e. The zero-order chi connectivity index (χ0) is 20.3. The molecule has 1 unspecified atom stereocenters. The van der Waals surface area contributed by atoms with Gasteiger partial charge in [-0.05, 0) is 40.3 Å². The molecule has 0 aliphatic carbocycles. The minimum absolute atomic E-state index is 0.153. The summed E-state index contributed by atoms with van der Waals surface area (Å²) in [5.41, 5.74) is 0. The van der Waals surface area contributed by atoms with E-state index in [4.69, 9.17) is 9.16 Å². The highest BCUT2D eigenvalue weighted by atomic mass is 28.4. The predicted octanol–water partition coefficient (Wildman–Crippen LogP) is 4.14. The van der Waals surface area contributed by atoms with Crippen LogP contribution in [0, 0.1) is 0 Å². The van der Waals surface area contributed by atoms with Crippen LogP contribution in [0.2, 0.25) is 25.7 Å². The molecule has 0 bridgehead atoms. The van der Waals surface area contributed by atoms with E-state index in [0.717, 1.165) is 6.08 Å². The average Bonchev–Trinajstić information content (AvgIpc) is 2.40. The number of esters is 1. The van der Waals surface area contributed by atoms with E-state index in [1.54, 1.807) is 20.4 Å². The molecule has 0 spiro atoms. The molecule has 4 nitrogen and oxygen atoms in total. The van der Waals surface area contributed by atoms with E-state index in [0.29, 0.717) is 0 Å². The van der Waals surface area contributed by atoms with E-state index < -0.39 is 45.4 Å². The van der Waals surface area contributed by atoms with Crippen LogP contribution in [0.15, 0.2) is 12.7 Å². The van der Waals surface area contributed by atoms with Crippen LogP contribution in [0.4, 0.5) is 13.2 Å². The van der Waals surface area contributed by atoms with Crippen LogP contribution in [0.5, 0.6) is 0 Å². The van der Waals surface area contributed by atoms with Gasteiger partial charge in [0.15, 0.2) is 0 Å². The van der Waals surface area contributed by atoms with Crippen molar-refractivity contribution in [3.63, 3.8) is 0 Å². The van der Waals surface area contributed by atoms with E-state index in [1.165, 1.54) is 13.8 Å². The molecule has 0 fully saturated rings. The number of hydrogen-bond donors (Lipinski definition) is 1. The van der Waals surface area contributed by atoms with Gasteiger partial charge in [0, 0.05) is 17.7 Å². The summed E-state index contributed by atoms with van der Waals surface area (Å²) in [4.78, 5) is 11.3. The lowest BCUT2D eigenvalue weighted by atomic mass is 10.5. The maximum Gasteiger partial charge on any atom is 0.388 e. The topological polar surface area (TPSA) is 55.8 Å². The Morgan fingerprint density at radius 3 is 2.00 bits per heavy atom. The summed E-state index contributed by atoms with van der Waals surface area (Å²) in [7, 11) is -5.51. The Hall–Kier alpha value is -0.646. The molecule has 9 heteroatoms. The van der Waals surface area contributed by atoms with Crippen LogP contribution < -0.4 is 0 Å². The van der Waals surface area contributed by atoms with Gasteiger partial charge in [0.05, 0.1) is 11.5 Å². The summed E-state index contributed by atoms with van der Waals surface area (Å²) < 4.78 is 49.6. The molecule has 0 radical (unpaired) electrons. The molecule has 0 rings (SSSR count). The smallest absolute Gasteiger partial charge is 0.388 e. The van der Waals surface area contributed by atoms with Gasteiger partial charge in [-0.25, -0.2) is 4.79 Å². The van der Waals surface area contributed by atoms with Gasteiger partial charge in [0.1, 0.15) is 8.07 Å². The Morgan fingerprint density at radius 1 is 1.16 bits per heavy atom. The Bertz CT molecular complexity index is 485. The first-order valence-electron chi connectivity index (χ1n) is 8.15. The Labute approximate surface area is 150 Å². The molecule has 0 aromatic carbocycles. The number of hydrogen-bond acceptors (Lipinski definition) is 4. The number of halogens is 3. The van der Waals surface area contributed by atoms with Gasteiger partial charge in [0.25, 0.3) is 0 Å². The van der Waals surface area contributed by atoms with E-state index in [9.17, 15) is 23.1 Å². The number of alkyl halides is 3. The van der Waals surface area contributed by atoms with Crippen molar-refractivity contribution >= 4 is 22.4 Å². The third-order valence-electron chi connectivity index (χ3n) is 5.03. The molecule has 0 saturated heterocycles. The molecular weight excluding hydrogens is 369 g/mol. The van der Waals surface area contributed by atoms with Crippen molar-refractivity contribution in [2.45, 2.75) is 76.4 Å². The molecule has 0 aromatic rings. The lowest BCUT2D eigenvalue weighted by Gasteiger charge is -2.49. The highest BCUT2D eigenvalue weighted by Gasteiger charge is 2.53. The first kappa shape index (κ1) is 24.4. The monoisotopic (exact) mass is 400 g/mol.